The molecule has 0 atom stereocenters. The molecule has 2 aromatic rings. The van der Waals surface area contributed by atoms with Crippen LogP contribution in [0.2, 0.25) is 4.34 Å². The van der Waals surface area contributed by atoms with Crippen LogP contribution < -0.4 is 0 Å². The molecule has 0 aliphatic carbocycles. The van der Waals surface area contributed by atoms with Gasteiger partial charge in [-0.1, -0.05) is 18.5 Å². The zero-order valence-electron chi connectivity index (χ0n) is 11.0. The average molecular weight is 352 g/mol. The van der Waals surface area contributed by atoms with E-state index in [2.05, 4.69) is 0 Å². The first-order valence-corrected chi connectivity index (χ1v) is 8.67. The molecule has 0 fully saturated rings. The van der Waals surface area contributed by atoms with Crippen LogP contribution in [-0.2, 0) is 16.6 Å². The van der Waals surface area contributed by atoms with Crippen LogP contribution in [0.1, 0.15) is 11.8 Å². The molecule has 1 heterocycles. The molecule has 3 nitrogen and oxygen atoms in total. The smallest absolute Gasteiger partial charge is 0.207 e. The fraction of sp³-hybridized carbons (Fsp3) is 0.231. The Bertz CT molecular complexity index is 726. The maximum absolute atomic E-state index is 13.2. The lowest BCUT2D eigenvalue weighted by Gasteiger charge is -2.19. The first kappa shape index (κ1) is 16.4. The number of hydrogen-bond acceptors (Lipinski definition) is 3. The number of nitrogens with zero attached hydrogens (tertiary/aromatic N) is 1. The molecule has 0 bridgehead atoms. The van der Waals surface area contributed by atoms with Crippen LogP contribution in [0.4, 0.5) is 8.78 Å². The van der Waals surface area contributed by atoms with E-state index >= 15 is 0 Å². The number of halogens is 3. The molecule has 0 N–H and O–H groups in total. The first-order valence-electron chi connectivity index (χ1n) is 6.03. The summed E-state index contributed by atoms with van der Waals surface area (Å²) in [5, 5.41) is 0. The van der Waals surface area contributed by atoms with Crippen molar-refractivity contribution in [1.29, 1.82) is 0 Å². The molecule has 21 heavy (non-hydrogen) atoms. The van der Waals surface area contributed by atoms with Gasteiger partial charge in [0, 0.05) is 24.0 Å². The zero-order valence-corrected chi connectivity index (χ0v) is 13.4. The minimum Gasteiger partial charge on any atom is -0.207 e. The monoisotopic (exact) mass is 351 g/mol. The van der Waals surface area contributed by atoms with Crippen LogP contribution in [-0.4, -0.2) is 19.3 Å². The van der Waals surface area contributed by atoms with Crippen molar-refractivity contribution in [2.75, 3.05) is 6.54 Å². The Labute approximate surface area is 130 Å². The van der Waals surface area contributed by atoms with Crippen LogP contribution >= 0.6 is 22.9 Å². The summed E-state index contributed by atoms with van der Waals surface area (Å²) in [6.07, 6.45) is 0. The Balaban J connectivity index is 2.35. The highest BCUT2D eigenvalue weighted by atomic mass is 35.5. The van der Waals surface area contributed by atoms with E-state index in [9.17, 15) is 17.2 Å². The summed E-state index contributed by atoms with van der Waals surface area (Å²) in [7, 11) is -3.97. The van der Waals surface area contributed by atoms with Crippen molar-refractivity contribution in [3.05, 3.63) is 51.2 Å². The number of benzene rings is 1. The molecule has 114 valence electrons. The first-order chi connectivity index (χ1) is 9.82. The molecule has 1 aromatic carbocycles. The van der Waals surface area contributed by atoms with Gasteiger partial charge in [0.05, 0.1) is 9.23 Å². The Kier molecular flexibility index (Phi) is 4.98. The quantitative estimate of drug-likeness (QED) is 0.819. The third-order valence-electron chi connectivity index (χ3n) is 2.79. The van der Waals surface area contributed by atoms with Crippen LogP contribution in [0, 0.1) is 11.6 Å². The van der Waals surface area contributed by atoms with E-state index in [0.29, 0.717) is 10.4 Å². The minimum absolute atomic E-state index is 0.106. The van der Waals surface area contributed by atoms with Gasteiger partial charge in [-0.05, 0) is 24.3 Å². The number of hydrogen-bond donors (Lipinski definition) is 0. The minimum atomic E-state index is -3.97. The van der Waals surface area contributed by atoms with Gasteiger partial charge in [0.1, 0.15) is 11.6 Å². The summed E-state index contributed by atoms with van der Waals surface area (Å²) in [5.74, 6) is -1.85. The third-order valence-corrected chi connectivity index (χ3v) is 5.90. The summed E-state index contributed by atoms with van der Waals surface area (Å²) < 4.78 is 53.0. The Morgan fingerprint density at radius 3 is 2.29 bits per heavy atom. The van der Waals surface area contributed by atoms with E-state index < -0.39 is 26.6 Å². The maximum Gasteiger partial charge on any atom is 0.243 e. The fourth-order valence-electron chi connectivity index (χ4n) is 1.80. The van der Waals surface area contributed by atoms with Crippen molar-refractivity contribution < 1.29 is 17.2 Å². The standard InChI is InChI=1S/C13H12ClF2NO2S2/c1-2-17(8-11-3-4-13(14)20-11)21(18,19)12-6-9(15)5-10(16)7-12/h3-7H,2,8H2,1H3. The van der Waals surface area contributed by atoms with Crippen LogP contribution in [0.5, 0.6) is 0 Å². The molecule has 2 rings (SSSR count). The van der Waals surface area contributed by atoms with E-state index in [0.717, 1.165) is 21.3 Å². The lowest BCUT2D eigenvalue weighted by atomic mass is 10.3. The SMILES string of the molecule is CCN(Cc1ccc(Cl)s1)S(=O)(=O)c1cc(F)cc(F)c1. The molecule has 0 amide bonds. The van der Waals surface area contributed by atoms with Crippen LogP contribution in [0.15, 0.2) is 35.2 Å². The Morgan fingerprint density at radius 1 is 1.19 bits per heavy atom. The number of thiophene rings is 1. The number of sulfonamides is 1. The van der Waals surface area contributed by atoms with Crippen LogP contribution in [0.25, 0.3) is 0 Å². The second-order valence-corrected chi connectivity index (χ2v) is 7.98. The van der Waals surface area contributed by atoms with Crippen molar-refractivity contribution in [2.45, 2.75) is 18.4 Å². The summed E-state index contributed by atoms with van der Waals surface area (Å²) in [6.45, 7) is 1.94. The Morgan fingerprint density at radius 2 is 1.81 bits per heavy atom. The molecular formula is C13H12ClF2NO2S2. The topological polar surface area (TPSA) is 37.4 Å². The van der Waals surface area contributed by atoms with Crippen molar-refractivity contribution in [2.24, 2.45) is 0 Å². The van der Waals surface area contributed by atoms with Crippen molar-refractivity contribution >= 4 is 33.0 Å². The second kappa shape index (κ2) is 6.39. The van der Waals surface area contributed by atoms with E-state index in [1.165, 1.54) is 11.3 Å². The normalized spacial score (nSPS) is 12.0. The lowest BCUT2D eigenvalue weighted by molar-refractivity contribution is 0.425. The molecule has 0 saturated carbocycles. The van der Waals surface area contributed by atoms with Gasteiger partial charge in [0.25, 0.3) is 0 Å². The van der Waals surface area contributed by atoms with Gasteiger partial charge in [-0.2, -0.15) is 4.31 Å². The molecule has 0 aliphatic heterocycles. The zero-order chi connectivity index (χ0) is 15.6. The van der Waals surface area contributed by atoms with Gasteiger partial charge in [-0.25, -0.2) is 17.2 Å². The molecule has 8 heteroatoms. The third kappa shape index (κ3) is 3.79. The van der Waals surface area contributed by atoms with E-state index in [1.807, 2.05) is 0 Å². The number of rotatable bonds is 5. The molecule has 0 saturated heterocycles. The second-order valence-electron chi connectivity index (χ2n) is 4.24. The van der Waals surface area contributed by atoms with Gasteiger partial charge in [-0.3, -0.25) is 0 Å². The van der Waals surface area contributed by atoms with Crippen molar-refractivity contribution in [3.8, 4) is 0 Å². The maximum atomic E-state index is 13.2. The molecule has 0 unspecified atom stereocenters. The summed E-state index contributed by atoms with van der Waals surface area (Å²) in [6, 6.07) is 5.64. The van der Waals surface area contributed by atoms with Crippen molar-refractivity contribution in [3.63, 3.8) is 0 Å². The van der Waals surface area contributed by atoms with Gasteiger partial charge in [-0.15, -0.1) is 11.3 Å². The van der Waals surface area contributed by atoms with Gasteiger partial charge in [0.15, 0.2) is 0 Å². The molecule has 1 aromatic heterocycles. The van der Waals surface area contributed by atoms with Gasteiger partial charge >= 0.3 is 0 Å². The summed E-state index contributed by atoms with van der Waals surface area (Å²) in [5.41, 5.74) is 0. The average Bonchev–Trinajstić information content (AvgIpc) is 2.80. The predicted molar refractivity (Wildman–Crippen MR) is 79.0 cm³/mol. The van der Waals surface area contributed by atoms with Gasteiger partial charge < -0.3 is 0 Å². The lowest BCUT2D eigenvalue weighted by Crippen LogP contribution is -2.30. The van der Waals surface area contributed by atoms with Crippen molar-refractivity contribution in [1.82, 2.24) is 4.31 Å². The molecule has 0 aliphatic rings. The fourth-order valence-corrected chi connectivity index (χ4v) is 4.46. The molecule has 0 spiro atoms. The van der Waals surface area contributed by atoms with E-state index in [-0.39, 0.29) is 13.1 Å². The Hall–Kier alpha value is -1.02. The summed E-state index contributed by atoms with van der Waals surface area (Å²) in [4.78, 5) is 0.354. The van der Waals surface area contributed by atoms with E-state index in [1.54, 1.807) is 19.1 Å². The van der Waals surface area contributed by atoms with Crippen LogP contribution in [0.3, 0.4) is 0 Å². The van der Waals surface area contributed by atoms with Gasteiger partial charge in [0.2, 0.25) is 10.0 Å². The summed E-state index contributed by atoms with van der Waals surface area (Å²) >= 11 is 7.07. The largest absolute Gasteiger partial charge is 0.243 e. The highest BCUT2D eigenvalue weighted by molar-refractivity contribution is 7.89. The highest BCUT2D eigenvalue weighted by Gasteiger charge is 2.25. The van der Waals surface area contributed by atoms with E-state index in [4.69, 9.17) is 11.6 Å². The predicted octanol–water partition coefficient (Wildman–Crippen LogP) is 3.89. The molecular weight excluding hydrogens is 340 g/mol. The molecule has 0 radical (unpaired) electrons. The highest BCUT2D eigenvalue weighted by Crippen LogP contribution is 2.25.